The van der Waals surface area contributed by atoms with Gasteiger partial charge in [-0.1, -0.05) is 18.6 Å². The molecule has 0 aromatic carbocycles. The first-order valence-electron chi connectivity index (χ1n) is 5.99. The topological polar surface area (TPSA) is 60.6 Å². The summed E-state index contributed by atoms with van der Waals surface area (Å²) in [7, 11) is 0. The lowest BCUT2D eigenvalue weighted by Crippen LogP contribution is -2.12. The minimum Gasteiger partial charge on any atom is -0.356 e. The van der Waals surface area contributed by atoms with Gasteiger partial charge in [-0.15, -0.1) is 5.10 Å². The molecule has 0 unspecified atom stereocenters. The molecule has 6 heteroatoms. The van der Waals surface area contributed by atoms with E-state index in [0.29, 0.717) is 0 Å². The SMILES string of the molecule is CCCCNc1nccn1CCn1ccnn1. The van der Waals surface area contributed by atoms with Crippen LogP contribution in [0.25, 0.3) is 0 Å². The average molecular weight is 234 g/mol. The fourth-order valence-corrected chi connectivity index (χ4v) is 1.60. The Morgan fingerprint density at radius 3 is 2.94 bits per heavy atom. The number of rotatable bonds is 7. The second-order valence-corrected chi connectivity index (χ2v) is 3.89. The zero-order valence-electron chi connectivity index (χ0n) is 10.1. The van der Waals surface area contributed by atoms with Crippen molar-refractivity contribution in [1.29, 1.82) is 0 Å². The normalized spacial score (nSPS) is 10.6. The number of unbranched alkanes of at least 4 members (excludes halogenated alkanes) is 1. The van der Waals surface area contributed by atoms with E-state index in [1.54, 1.807) is 6.20 Å². The molecular weight excluding hydrogens is 216 g/mol. The molecule has 2 aromatic heterocycles. The number of nitrogens with one attached hydrogen (secondary N) is 1. The standard InChI is InChI=1S/C11H18N6/c1-2-3-4-12-11-13-5-7-16(11)9-10-17-8-6-14-15-17/h5-8H,2-4,9-10H2,1H3,(H,12,13). The highest BCUT2D eigenvalue weighted by Gasteiger charge is 2.01. The third kappa shape index (κ3) is 3.30. The van der Waals surface area contributed by atoms with Gasteiger partial charge in [-0.3, -0.25) is 4.68 Å². The minimum absolute atomic E-state index is 0.804. The molecule has 0 saturated heterocycles. The number of hydrogen-bond acceptors (Lipinski definition) is 4. The van der Waals surface area contributed by atoms with E-state index in [4.69, 9.17) is 0 Å². The molecule has 2 aromatic rings. The molecule has 0 bridgehead atoms. The van der Waals surface area contributed by atoms with Crippen LogP contribution < -0.4 is 5.32 Å². The van der Waals surface area contributed by atoms with Crippen LogP contribution in [0.1, 0.15) is 19.8 Å². The van der Waals surface area contributed by atoms with Crippen LogP contribution in [0.3, 0.4) is 0 Å². The fraction of sp³-hybridized carbons (Fsp3) is 0.545. The molecule has 0 fully saturated rings. The highest BCUT2D eigenvalue weighted by molar-refractivity contribution is 5.25. The van der Waals surface area contributed by atoms with E-state index in [2.05, 4.69) is 32.1 Å². The Kier molecular flexibility index (Phi) is 4.12. The monoisotopic (exact) mass is 234 g/mol. The Balaban J connectivity index is 1.85. The summed E-state index contributed by atoms with van der Waals surface area (Å²) in [4.78, 5) is 4.29. The zero-order chi connectivity index (χ0) is 11.9. The number of aromatic nitrogens is 5. The summed E-state index contributed by atoms with van der Waals surface area (Å²) >= 11 is 0. The van der Waals surface area contributed by atoms with Crippen LogP contribution in [0.15, 0.2) is 24.8 Å². The van der Waals surface area contributed by atoms with Gasteiger partial charge in [0.15, 0.2) is 0 Å². The van der Waals surface area contributed by atoms with Gasteiger partial charge in [0.25, 0.3) is 0 Å². The number of imidazole rings is 1. The van der Waals surface area contributed by atoms with Crippen LogP contribution in [-0.2, 0) is 13.1 Å². The van der Waals surface area contributed by atoms with E-state index in [0.717, 1.165) is 32.0 Å². The van der Waals surface area contributed by atoms with Crippen LogP contribution in [0.4, 0.5) is 5.95 Å². The van der Waals surface area contributed by atoms with Crippen molar-refractivity contribution in [2.75, 3.05) is 11.9 Å². The van der Waals surface area contributed by atoms with Crippen molar-refractivity contribution in [3.05, 3.63) is 24.8 Å². The quantitative estimate of drug-likeness (QED) is 0.735. The van der Waals surface area contributed by atoms with E-state index < -0.39 is 0 Å². The maximum atomic E-state index is 4.29. The summed E-state index contributed by atoms with van der Waals surface area (Å²) < 4.78 is 3.91. The molecule has 0 radical (unpaired) electrons. The van der Waals surface area contributed by atoms with E-state index in [-0.39, 0.29) is 0 Å². The average Bonchev–Trinajstić information content (AvgIpc) is 2.97. The van der Waals surface area contributed by atoms with Gasteiger partial charge in [0.1, 0.15) is 0 Å². The van der Waals surface area contributed by atoms with Gasteiger partial charge >= 0.3 is 0 Å². The van der Waals surface area contributed by atoms with Gasteiger partial charge in [-0.25, -0.2) is 4.98 Å². The Bertz CT molecular complexity index is 419. The van der Waals surface area contributed by atoms with Crippen molar-refractivity contribution < 1.29 is 0 Å². The lowest BCUT2D eigenvalue weighted by atomic mass is 10.3. The maximum absolute atomic E-state index is 4.29. The number of hydrogen-bond donors (Lipinski definition) is 1. The van der Waals surface area contributed by atoms with Crippen molar-refractivity contribution in [3.8, 4) is 0 Å². The van der Waals surface area contributed by atoms with Crippen LogP contribution in [-0.4, -0.2) is 31.1 Å². The first kappa shape index (κ1) is 11.6. The second kappa shape index (κ2) is 6.03. The molecule has 0 spiro atoms. The highest BCUT2D eigenvalue weighted by atomic mass is 15.4. The molecule has 2 rings (SSSR count). The molecule has 0 aliphatic carbocycles. The van der Waals surface area contributed by atoms with E-state index in [9.17, 15) is 0 Å². The lowest BCUT2D eigenvalue weighted by molar-refractivity contribution is 0.521. The first-order valence-corrected chi connectivity index (χ1v) is 5.99. The summed E-state index contributed by atoms with van der Waals surface area (Å²) in [6.07, 6.45) is 9.69. The van der Waals surface area contributed by atoms with Gasteiger partial charge < -0.3 is 9.88 Å². The number of nitrogens with zero attached hydrogens (tertiary/aromatic N) is 5. The van der Waals surface area contributed by atoms with Crippen molar-refractivity contribution in [3.63, 3.8) is 0 Å². The maximum Gasteiger partial charge on any atom is 0.202 e. The van der Waals surface area contributed by atoms with Crippen LogP contribution in [0, 0.1) is 0 Å². The van der Waals surface area contributed by atoms with Crippen molar-refractivity contribution in [2.24, 2.45) is 0 Å². The highest BCUT2D eigenvalue weighted by Crippen LogP contribution is 2.05. The van der Waals surface area contributed by atoms with Gasteiger partial charge in [-0.2, -0.15) is 0 Å². The second-order valence-electron chi connectivity index (χ2n) is 3.89. The minimum atomic E-state index is 0.804. The number of anilines is 1. The zero-order valence-corrected chi connectivity index (χ0v) is 10.1. The third-order valence-corrected chi connectivity index (χ3v) is 2.57. The molecular formula is C11H18N6. The fourth-order valence-electron chi connectivity index (χ4n) is 1.60. The third-order valence-electron chi connectivity index (χ3n) is 2.57. The predicted octanol–water partition coefficient (Wildman–Crippen LogP) is 1.39. The molecule has 1 N–H and O–H groups in total. The summed E-state index contributed by atoms with van der Waals surface area (Å²) in [5.74, 6) is 0.929. The Morgan fingerprint density at radius 1 is 1.24 bits per heavy atom. The first-order chi connectivity index (χ1) is 8.40. The molecule has 0 amide bonds. The molecule has 0 atom stereocenters. The summed E-state index contributed by atoms with van der Waals surface area (Å²) in [5.41, 5.74) is 0. The molecule has 2 heterocycles. The summed E-state index contributed by atoms with van der Waals surface area (Å²) in [5, 5.41) is 11.0. The van der Waals surface area contributed by atoms with Crippen molar-refractivity contribution >= 4 is 5.95 Å². The smallest absolute Gasteiger partial charge is 0.202 e. The molecule has 0 saturated carbocycles. The molecule has 17 heavy (non-hydrogen) atoms. The van der Waals surface area contributed by atoms with E-state index in [1.165, 1.54) is 6.42 Å². The van der Waals surface area contributed by atoms with E-state index >= 15 is 0 Å². The van der Waals surface area contributed by atoms with Gasteiger partial charge in [-0.05, 0) is 6.42 Å². The molecule has 6 nitrogen and oxygen atoms in total. The van der Waals surface area contributed by atoms with E-state index in [1.807, 2.05) is 23.3 Å². The Morgan fingerprint density at radius 2 is 2.18 bits per heavy atom. The number of aryl methyl sites for hydroxylation is 2. The largest absolute Gasteiger partial charge is 0.356 e. The van der Waals surface area contributed by atoms with Gasteiger partial charge in [0, 0.05) is 31.7 Å². The summed E-state index contributed by atoms with van der Waals surface area (Å²) in [6.45, 7) is 4.80. The van der Waals surface area contributed by atoms with Crippen LogP contribution in [0.2, 0.25) is 0 Å². The predicted molar refractivity (Wildman–Crippen MR) is 65.6 cm³/mol. The van der Waals surface area contributed by atoms with Crippen LogP contribution in [0.5, 0.6) is 0 Å². The Hall–Kier alpha value is -1.85. The lowest BCUT2D eigenvalue weighted by Gasteiger charge is -2.09. The molecule has 0 aliphatic heterocycles. The van der Waals surface area contributed by atoms with Gasteiger partial charge in [0.05, 0.1) is 12.7 Å². The van der Waals surface area contributed by atoms with Crippen molar-refractivity contribution in [2.45, 2.75) is 32.9 Å². The van der Waals surface area contributed by atoms with Crippen molar-refractivity contribution in [1.82, 2.24) is 24.5 Å². The van der Waals surface area contributed by atoms with Crippen LogP contribution >= 0.6 is 0 Å². The van der Waals surface area contributed by atoms with Gasteiger partial charge in [0.2, 0.25) is 5.95 Å². The Labute approximate surface area is 101 Å². The molecule has 0 aliphatic rings. The molecule has 92 valence electrons. The summed E-state index contributed by atoms with van der Waals surface area (Å²) in [6, 6.07) is 0.